The van der Waals surface area contributed by atoms with Gasteiger partial charge in [-0.15, -0.1) is 0 Å². The first-order valence-corrected chi connectivity index (χ1v) is 9.85. The Hall–Kier alpha value is -1.88. The molecule has 0 heterocycles. The zero-order chi connectivity index (χ0) is 18.7. The Bertz CT molecular complexity index is 673. The molecular formula is C21H31N3O2. The van der Waals surface area contributed by atoms with Crippen molar-refractivity contribution in [3.63, 3.8) is 0 Å². The third-order valence-corrected chi connectivity index (χ3v) is 6.02. The van der Waals surface area contributed by atoms with Crippen molar-refractivity contribution in [3.8, 4) is 0 Å². The van der Waals surface area contributed by atoms with Crippen LogP contribution in [0.5, 0.6) is 0 Å². The average Bonchev–Trinajstić information content (AvgIpc) is 3.29. The van der Waals surface area contributed by atoms with E-state index in [1.807, 2.05) is 36.0 Å². The smallest absolute Gasteiger partial charge is 0.251 e. The number of likely N-dealkylation sites (N-methyl/N-ethyl adjacent to an activating group) is 2. The van der Waals surface area contributed by atoms with Gasteiger partial charge >= 0.3 is 0 Å². The van der Waals surface area contributed by atoms with Gasteiger partial charge in [-0.1, -0.05) is 19.1 Å². The lowest BCUT2D eigenvalue weighted by Crippen LogP contribution is -2.42. The lowest BCUT2D eigenvalue weighted by molar-refractivity contribution is -0.132. The molecule has 2 aliphatic carbocycles. The average molecular weight is 357 g/mol. The van der Waals surface area contributed by atoms with Gasteiger partial charge in [-0.05, 0) is 69.3 Å². The molecule has 0 aromatic heterocycles. The lowest BCUT2D eigenvalue weighted by Gasteiger charge is -2.27. The van der Waals surface area contributed by atoms with Crippen LogP contribution in [0, 0.1) is 0 Å². The fourth-order valence-corrected chi connectivity index (χ4v) is 4.19. The van der Waals surface area contributed by atoms with Crippen LogP contribution in [0.1, 0.15) is 54.1 Å². The second-order valence-corrected chi connectivity index (χ2v) is 7.77. The molecule has 2 aliphatic rings. The van der Waals surface area contributed by atoms with Crippen LogP contribution in [0.2, 0.25) is 0 Å². The molecule has 0 bridgehead atoms. The Morgan fingerprint density at radius 2 is 2.00 bits per heavy atom. The van der Waals surface area contributed by atoms with Crippen LogP contribution in [-0.2, 0) is 17.6 Å². The standard InChI is InChI=1S/C21H31N3O2/c1-4-23(2)14-20(25)24(3)17-12-11-16(13-17)22-21(26)19-10-6-8-15-7-5-9-18(15)19/h6,8,10,16-17H,4-5,7,9,11-14H2,1-3H3,(H,22,26). The molecule has 1 aromatic rings. The second-order valence-electron chi connectivity index (χ2n) is 7.77. The summed E-state index contributed by atoms with van der Waals surface area (Å²) < 4.78 is 0. The van der Waals surface area contributed by atoms with Crippen LogP contribution in [0.25, 0.3) is 0 Å². The molecule has 5 nitrogen and oxygen atoms in total. The Kier molecular flexibility index (Phi) is 5.97. The van der Waals surface area contributed by atoms with Crippen LogP contribution in [0.4, 0.5) is 0 Å². The highest BCUT2D eigenvalue weighted by Gasteiger charge is 2.31. The van der Waals surface area contributed by atoms with Crippen molar-refractivity contribution in [2.45, 2.75) is 57.5 Å². The summed E-state index contributed by atoms with van der Waals surface area (Å²) in [6.07, 6.45) is 5.97. The molecule has 0 aliphatic heterocycles. The molecule has 1 aromatic carbocycles. The van der Waals surface area contributed by atoms with Crippen molar-refractivity contribution < 1.29 is 9.59 Å². The predicted molar refractivity (Wildman–Crippen MR) is 103 cm³/mol. The van der Waals surface area contributed by atoms with Gasteiger partial charge in [-0.25, -0.2) is 0 Å². The van der Waals surface area contributed by atoms with Crippen molar-refractivity contribution >= 4 is 11.8 Å². The molecular weight excluding hydrogens is 326 g/mol. The van der Waals surface area contributed by atoms with E-state index in [1.54, 1.807) is 0 Å². The minimum atomic E-state index is 0.0501. The van der Waals surface area contributed by atoms with E-state index in [0.717, 1.165) is 50.6 Å². The van der Waals surface area contributed by atoms with Gasteiger partial charge in [-0.2, -0.15) is 0 Å². The van der Waals surface area contributed by atoms with Gasteiger partial charge in [0.25, 0.3) is 5.91 Å². The van der Waals surface area contributed by atoms with Gasteiger partial charge in [-0.3, -0.25) is 14.5 Å². The van der Waals surface area contributed by atoms with Gasteiger partial charge in [0.05, 0.1) is 6.54 Å². The van der Waals surface area contributed by atoms with Crippen LogP contribution < -0.4 is 5.32 Å². The number of hydrogen-bond donors (Lipinski definition) is 1. The summed E-state index contributed by atoms with van der Waals surface area (Å²) in [6.45, 7) is 3.37. The van der Waals surface area contributed by atoms with Gasteiger partial charge in [0.15, 0.2) is 0 Å². The zero-order valence-corrected chi connectivity index (χ0v) is 16.3. The molecule has 142 valence electrons. The molecule has 1 fully saturated rings. The number of aryl methyl sites for hydroxylation is 1. The highest BCUT2D eigenvalue weighted by molar-refractivity contribution is 5.96. The number of fused-ring (bicyclic) bond motifs is 1. The molecule has 1 saturated carbocycles. The van der Waals surface area contributed by atoms with Crippen LogP contribution in [0.3, 0.4) is 0 Å². The number of hydrogen-bond acceptors (Lipinski definition) is 3. The second kappa shape index (κ2) is 8.21. The molecule has 2 amide bonds. The summed E-state index contributed by atoms with van der Waals surface area (Å²) in [5.74, 6) is 0.210. The molecule has 2 unspecified atom stereocenters. The van der Waals surface area contributed by atoms with Gasteiger partial charge in [0.2, 0.25) is 5.91 Å². The minimum absolute atomic E-state index is 0.0501. The van der Waals surface area contributed by atoms with E-state index in [0.29, 0.717) is 6.54 Å². The minimum Gasteiger partial charge on any atom is -0.349 e. The quantitative estimate of drug-likeness (QED) is 0.849. The van der Waals surface area contributed by atoms with E-state index >= 15 is 0 Å². The number of benzene rings is 1. The topological polar surface area (TPSA) is 52.7 Å². The van der Waals surface area contributed by atoms with E-state index in [2.05, 4.69) is 18.3 Å². The predicted octanol–water partition coefficient (Wildman–Crippen LogP) is 2.24. The summed E-state index contributed by atoms with van der Waals surface area (Å²) in [7, 11) is 3.85. The molecule has 0 saturated heterocycles. The summed E-state index contributed by atoms with van der Waals surface area (Å²) in [5, 5.41) is 3.21. The molecule has 2 atom stereocenters. The van der Waals surface area contributed by atoms with Crippen molar-refractivity contribution in [2.75, 3.05) is 27.2 Å². The maximum absolute atomic E-state index is 12.8. The highest BCUT2D eigenvalue weighted by Crippen LogP contribution is 2.27. The number of carbonyl (C=O) groups excluding carboxylic acids is 2. The van der Waals surface area contributed by atoms with E-state index < -0.39 is 0 Å². The van der Waals surface area contributed by atoms with Crippen molar-refractivity contribution in [2.24, 2.45) is 0 Å². The third kappa shape index (κ3) is 4.09. The zero-order valence-electron chi connectivity index (χ0n) is 16.3. The van der Waals surface area contributed by atoms with Crippen LogP contribution in [0.15, 0.2) is 18.2 Å². The summed E-state index contributed by atoms with van der Waals surface area (Å²) in [4.78, 5) is 29.0. The molecule has 1 N–H and O–H groups in total. The molecule has 0 spiro atoms. The van der Waals surface area contributed by atoms with E-state index in [-0.39, 0.29) is 23.9 Å². The van der Waals surface area contributed by atoms with Crippen molar-refractivity contribution in [1.29, 1.82) is 0 Å². The molecule has 3 rings (SSSR count). The number of amides is 2. The first-order valence-electron chi connectivity index (χ1n) is 9.85. The van der Waals surface area contributed by atoms with E-state index in [4.69, 9.17) is 0 Å². The summed E-state index contributed by atoms with van der Waals surface area (Å²) >= 11 is 0. The van der Waals surface area contributed by atoms with E-state index in [1.165, 1.54) is 11.1 Å². The maximum Gasteiger partial charge on any atom is 0.251 e. The van der Waals surface area contributed by atoms with Crippen LogP contribution in [-0.4, -0.2) is 60.9 Å². The number of nitrogens with zero attached hydrogens (tertiary/aromatic N) is 2. The molecule has 5 heteroatoms. The normalized spacial score (nSPS) is 21.7. The van der Waals surface area contributed by atoms with Gasteiger partial charge < -0.3 is 10.2 Å². The largest absolute Gasteiger partial charge is 0.349 e. The SMILES string of the molecule is CCN(C)CC(=O)N(C)C1CCC(NC(=O)c2cccc3c2CCC3)C1. The van der Waals surface area contributed by atoms with Crippen LogP contribution >= 0.6 is 0 Å². The Morgan fingerprint density at radius 3 is 2.77 bits per heavy atom. The number of rotatable bonds is 6. The Balaban J connectivity index is 1.55. The fourth-order valence-electron chi connectivity index (χ4n) is 4.19. The first kappa shape index (κ1) is 18.9. The molecule has 0 radical (unpaired) electrons. The highest BCUT2D eigenvalue weighted by atomic mass is 16.2. The number of carbonyl (C=O) groups is 2. The first-order chi connectivity index (χ1) is 12.5. The van der Waals surface area contributed by atoms with Crippen molar-refractivity contribution in [1.82, 2.24) is 15.1 Å². The maximum atomic E-state index is 12.8. The molecule has 26 heavy (non-hydrogen) atoms. The summed E-state index contributed by atoms with van der Waals surface area (Å²) in [6, 6.07) is 6.46. The van der Waals surface area contributed by atoms with Crippen molar-refractivity contribution in [3.05, 3.63) is 34.9 Å². The van der Waals surface area contributed by atoms with Gasteiger partial charge in [0, 0.05) is 24.7 Å². The number of nitrogens with one attached hydrogen (secondary N) is 1. The Labute approximate surface area is 156 Å². The third-order valence-electron chi connectivity index (χ3n) is 6.02. The van der Waals surface area contributed by atoms with Gasteiger partial charge in [0.1, 0.15) is 0 Å². The monoisotopic (exact) mass is 357 g/mol. The summed E-state index contributed by atoms with van der Waals surface area (Å²) in [5.41, 5.74) is 3.40. The Morgan fingerprint density at radius 1 is 1.19 bits per heavy atom. The fraction of sp³-hybridized carbons (Fsp3) is 0.619. The van der Waals surface area contributed by atoms with E-state index in [9.17, 15) is 9.59 Å². The lowest BCUT2D eigenvalue weighted by atomic mass is 10.0.